The molecule has 0 bridgehead atoms. The second kappa shape index (κ2) is 7.55. The molecule has 2 atom stereocenters. The van der Waals surface area contributed by atoms with Crippen molar-refractivity contribution in [1.29, 1.82) is 0 Å². The van der Waals surface area contributed by atoms with Crippen molar-refractivity contribution < 1.29 is 4.74 Å². The van der Waals surface area contributed by atoms with E-state index in [0.717, 1.165) is 35.9 Å². The van der Waals surface area contributed by atoms with E-state index in [1.165, 1.54) is 0 Å². The van der Waals surface area contributed by atoms with Gasteiger partial charge in [-0.1, -0.05) is 12.1 Å². The Labute approximate surface area is 143 Å². The van der Waals surface area contributed by atoms with Crippen LogP contribution in [0.1, 0.15) is 30.8 Å². The number of morpholine rings is 1. The number of pyridine rings is 2. The van der Waals surface area contributed by atoms with Crippen LogP contribution in [0.4, 0.5) is 5.82 Å². The van der Waals surface area contributed by atoms with Gasteiger partial charge < -0.3 is 15.4 Å². The molecule has 0 spiro atoms. The van der Waals surface area contributed by atoms with E-state index in [2.05, 4.69) is 29.8 Å². The van der Waals surface area contributed by atoms with Crippen LogP contribution in [0, 0.1) is 0 Å². The van der Waals surface area contributed by atoms with Gasteiger partial charge in [0.2, 0.25) is 0 Å². The average molecular weight is 324 g/mol. The fraction of sp³-hybridized carbons (Fsp3) is 0.368. The Kier molecular flexibility index (Phi) is 5.23. The van der Waals surface area contributed by atoms with Crippen molar-refractivity contribution in [1.82, 2.24) is 9.97 Å². The van der Waals surface area contributed by atoms with Gasteiger partial charge in [-0.3, -0.25) is 4.98 Å². The Bertz CT molecular complexity index is 706. The molecule has 5 nitrogen and oxygen atoms in total. The van der Waals surface area contributed by atoms with Crippen molar-refractivity contribution in [3.63, 3.8) is 0 Å². The summed E-state index contributed by atoms with van der Waals surface area (Å²) in [4.78, 5) is 11.3. The topological polar surface area (TPSA) is 64.3 Å². The molecular formula is C19H24N4O. The van der Waals surface area contributed by atoms with Gasteiger partial charge in [0.25, 0.3) is 0 Å². The summed E-state index contributed by atoms with van der Waals surface area (Å²) < 4.78 is 5.80. The average Bonchev–Trinajstić information content (AvgIpc) is 2.59. The molecule has 3 heterocycles. The first-order valence-corrected chi connectivity index (χ1v) is 8.34. The zero-order valence-electron chi connectivity index (χ0n) is 14.2. The van der Waals surface area contributed by atoms with Crippen molar-refractivity contribution >= 4 is 18.0 Å². The van der Waals surface area contributed by atoms with Crippen molar-refractivity contribution in [2.75, 3.05) is 18.0 Å². The molecule has 3 rings (SSSR count). The minimum absolute atomic E-state index is 0.223. The quantitative estimate of drug-likeness (QED) is 0.937. The minimum atomic E-state index is 0.223. The van der Waals surface area contributed by atoms with Gasteiger partial charge >= 0.3 is 0 Å². The highest BCUT2D eigenvalue weighted by molar-refractivity contribution is 5.68. The Morgan fingerprint density at radius 1 is 1.21 bits per heavy atom. The van der Waals surface area contributed by atoms with Crippen LogP contribution < -0.4 is 10.6 Å². The minimum Gasteiger partial charge on any atom is -0.372 e. The predicted octanol–water partition coefficient (Wildman–Crippen LogP) is 2.72. The summed E-state index contributed by atoms with van der Waals surface area (Å²) in [5, 5.41) is 0. The maximum absolute atomic E-state index is 5.80. The van der Waals surface area contributed by atoms with Crippen LogP contribution in [0.3, 0.4) is 0 Å². The van der Waals surface area contributed by atoms with Crippen molar-refractivity contribution in [3.05, 3.63) is 53.5 Å². The third kappa shape index (κ3) is 4.19. The lowest BCUT2D eigenvalue weighted by Crippen LogP contribution is -2.45. The maximum Gasteiger partial charge on any atom is 0.129 e. The third-order valence-electron chi connectivity index (χ3n) is 4.00. The summed E-state index contributed by atoms with van der Waals surface area (Å²) in [5.41, 5.74) is 8.53. The zero-order chi connectivity index (χ0) is 16.9. The second-order valence-electron chi connectivity index (χ2n) is 6.20. The number of aromatic nitrogens is 2. The molecule has 2 N–H and O–H groups in total. The van der Waals surface area contributed by atoms with Crippen molar-refractivity contribution in [2.24, 2.45) is 5.73 Å². The van der Waals surface area contributed by atoms with Crippen LogP contribution in [0.2, 0.25) is 0 Å². The molecule has 0 aromatic carbocycles. The number of nitrogens with two attached hydrogens (primary N) is 1. The van der Waals surface area contributed by atoms with Crippen LogP contribution in [0.15, 0.2) is 36.5 Å². The lowest BCUT2D eigenvalue weighted by molar-refractivity contribution is -0.00546. The highest BCUT2D eigenvalue weighted by atomic mass is 16.5. The van der Waals surface area contributed by atoms with Crippen LogP contribution in [0.25, 0.3) is 12.2 Å². The molecule has 1 saturated heterocycles. The second-order valence-corrected chi connectivity index (χ2v) is 6.20. The molecule has 0 aliphatic carbocycles. The van der Waals surface area contributed by atoms with E-state index in [0.29, 0.717) is 6.54 Å². The van der Waals surface area contributed by atoms with Gasteiger partial charge in [0, 0.05) is 25.8 Å². The molecular weight excluding hydrogens is 300 g/mol. The largest absolute Gasteiger partial charge is 0.372 e. The lowest BCUT2D eigenvalue weighted by Gasteiger charge is -2.36. The highest BCUT2D eigenvalue weighted by Gasteiger charge is 2.22. The molecule has 0 amide bonds. The summed E-state index contributed by atoms with van der Waals surface area (Å²) in [6.45, 7) is 6.39. The van der Waals surface area contributed by atoms with Gasteiger partial charge in [0.05, 0.1) is 23.6 Å². The van der Waals surface area contributed by atoms with Gasteiger partial charge in [-0.2, -0.15) is 0 Å². The SMILES string of the molecule is C[C@@H]1CN(c2cccc(/C=C/c3ccnc(CN)c3)n2)C[C@H](C)O1. The van der Waals surface area contributed by atoms with Crippen LogP contribution in [0.5, 0.6) is 0 Å². The molecule has 5 heteroatoms. The lowest BCUT2D eigenvalue weighted by atomic mass is 10.2. The van der Waals surface area contributed by atoms with Gasteiger partial charge in [0.1, 0.15) is 5.82 Å². The summed E-state index contributed by atoms with van der Waals surface area (Å²) in [6, 6.07) is 10.1. The number of ether oxygens (including phenoxy) is 1. The molecule has 24 heavy (non-hydrogen) atoms. The van der Waals surface area contributed by atoms with E-state index >= 15 is 0 Å². The van der Waals surface area contributed by atoms with Crippen LogP contribution in [-0.4, -0.2) is 35.3 Å². The smallest absolute Gasteiger partial charge is 0.129 e. The number of rotatable bonds is 4. The van der Waals surface area contributed by atoms with E-state index in [4.69, 9.17) is 15.5 Å². The Morgan fingerprint density at radius 3 is 2.75 bits per heavy atom. The van der Waals surface area contributed by atoms with E-state index in [1.54, 1.807) is 6.20 Å². The van der Waals surface area contributed by atoms with Crippen molar-refractivity contribution in [2.45, 2.75) is 32.6 Å². The molecule has 1 aliphatic rings. The number of hydrogen-bond donors (Lipinski definition) is 1. The molecule has 2 aromatic rings. The summed E-state index contributed by atoms with van der Waals surface area (Å²) in [5.74, 6) is 0.997. The first-order valence-electron chi connectivity index (χ1n) is 8.34. The standard InChI is InChI=1S/C19H24N4O/c1-14-12-23(13-15(2)24-14)19-5-3-4-17(22-19)7-6-16-8-9-21-18(10-16)11-20/h3-10,14-15H,11-13,20H2,1-2H3/b7-6+/t14-,15+. The predicted molar refractivity (Wildman–Crippen MR) is 97.5 cm³/mol. The van der Waals surface area contributed by atoms with E-state index in [1.807, 2.05) is 36.4 Å². The van der Waals surface area contributed by atoms with E-state index < -0.39 is 0 Å². The highest BCUT2D eigenvalue weighted by Crippen LogP contribution is 2.19. The molecule has 1 fully saturated rings. The molecule has 0 radical (unpaired) electrons. The fourth-order valence-electron chi connectivity index (χ4n) is 2.97. The first kappa shape index (κ1) is 16.6. The monoisotopic (exact) mass is 324 g/mol. The van der Waals surface area contributed by atoms with Gasteiger partial charge in [-0.05, 0) is 49.8 Å². The van der Waals surface area contributed by atoms with E-state index in [-0.39, 0.29) is 12.2 Å². The zero-order valence-corrected chi connectivity index (χ0v) is 14.2. The van der Waals surface area contributed by atoms with Gasteiger partial charge in [-0.25, -0.2) is 4.98 Å². The molecule has 2 aromatic heterocycles. The summed E-state index contributed by atoms with van der Waals surface area (Å²) in [6.07, 6.45) is 6.29. The third-order valence-corrected chi connectivity index (χ3v) is 4.00. The number of nitrogens with zero attached hydrogens (tertiary/aromatic N) is 3. The van der Waals surface area contributed by atoms with Gasteiger partial charge in [-0.15, -0.1) is 0 Å². The Hall–Kier alpha value is -2.24. The van der Waals surface area contributed by atoms with Crippen LogP contribution in [-0.2, 0) is 11.3 Å². The maximum atomic E-state index is 5.80. The molecule has 1 aliphatic heterocycles. The molecule has 0 saturated carbocycles. The summed E-state index contributed by atoms with van der Waals surface area (Å²) in [7, 11) is 0. The molecule has 0 unspecified atom stereocenters. The fourth-order valence-corrected chi connectivity index (χ4v) is 2.97. The molecule has 126 valence electrons. The van der Waals surface area contributed by atoms with Crippen molar-refractivity contribution in [3.8, 4) is 0 Å². The normalized spacial score (nSPS) is 21.4. The Balaban J connectivity index is 1.76. The summed E-state index contributed by atoms with van der Waals surface area (Å²) >= 11 is 0. The number of hydrogen-bond acceptors (Lipinski definition) is 5. The van der Waals surface area contributed by atoms with Gasteiger partial charge in [0.15, 0.2) is 0 Å². The number of anilines is 1. The van der Waals surface area contributed by atoms with Crippen LogP contribution >= 0.6 is 0 Å². The Morgan fingerprint density at radius 2 is 2.00 bits per heavy atom. The van der Waals surface area contributed by atoms with E-state index in [9.17, 15) is 0 Å². The first-order chi connectivity index (χ1) is 11.6.